The monoisotopic (exact) mass is 488 g/mol. The average Bonchev–Trinajstić information content (AvgIpc) is 3.48. The SMILES string of the molecule is O=C(Cc1csc(-c2ccccn2)n1)Nc1sc2c(c1C(=O)NCc1ccccc1)CCCC2. The Morgan fingerprint density at radius 1 is 1.00 bits per heavy atom. The first kappa shape index (κ1) is 22.4. The van der Waals surface area contributed by atoms with E-state index in [-0.39, 0.29) is 18.2 Å². The first-order chi connectivity index (χ1) is 16.7. The number of hydrogen-bond donors (Lipinski definition) is 2. The van der Waals surface area contributed by atoms with E-state index < -0.39 is 0 Å². The van der Waals surface area contributed by atoms with E-state index >= 15 is 0 Å². The zero-order valence-corrected chi connectivity index (χ0v) is 20.2. The smallest absolute Gasteiger partial charge is 0.254 e. The topological polar surface area (TPSA) is 84.0 Å². The number of hydrogen-bond acceptors (Lipinski definition) is 6. The van der Waals surface area contributed by atoms with E-state index in [1.54, 1.807) is 6.20 Å². The number of amides is 2. The summed E-state index contributed by atoms with van der Waals surface area (Å²) in [6.45, 7) is 0.451. The molecule has 0 aliphatic heterocycles. The van der Waals surface area contributed by atoms with Gasteiger partial charge in [-0.15, -0.1) is 22.7 Å². The summed E-state index contributed by atoms with van der Waals surface area (Å²) in [6.07, 6.45) is 5.87. The van der Waals surface area contributed by atoms with Crippen molar-refractivity contribution >= 4 is 39.5 Å². The number of benzene rings is 1. The molecule has 1 aliphatic rings. The summed E-state index contributed by atoms with van der Waals surface area (Å²) in [7, 11) is 0. The van der Waals surface area contributed by atoms with Crippen molar-refractivity contribution in [3.63, 3.8) is 0 Å². The highest BCUT2D eigenvalue weighted by molar-refractivity contribution is 7.17. The maximum atomic E-state index is 13.2. The average molecular weight is 489 g/mol. The van der Waals surface area contributed by atoms with Gasteiger partial charge in [-0.25, -0.2) is 4.98 Å². The molecule has 2 amide bonds. The number of carbonyl (C=O) groups excluding carboxylic acids is 2. The molecule has 6 nitrogen and oxygen atoms in total. The van der Waals surface area contributed by atoms with Crippen molar-refractivity contribution in [3.8, 4) is 10.7 Å². The highest BCUT2D eigenvalue weighted by atomic mass is 32.1. The predicted octanol–water partition coefficient (Wildman–Crippen LogP) is 5.26. The Labute approximate surface area is 206 Å². The molecule has 0 saturated carbocycles. The van der Waals surface area contributed by atoms with Crippen LogP contribution in [0.2, 0.25) is 0 Å². The van der Waals surface area contributed by atoms with Gasteiger partial charge in [-0.05, 0) is 48.9 Å². The van der Waals surface area contributed by atoms with Gasteiger partial charge in [-0.3, -0.25) is 14.6 Å². The summed E-state index contributed by atoms with van der Waals surface area (Å²) in [4.78, 5) is 36.2. The second-order valence-electron chi connectivity index (χ2n) is 8.17. The number of aromatic nitrogens is 2. The van der Waals surface area contributed by atoms with Gasteiger partial charge < -0.3 is 10.6 Å². The molecule has 0 spiro atoms. The van der Waals surface area contributed by atoms with E-state index in [0.29, 0.717) is 22.8 Å². The molecule has 0 fully saturated rings. The van der Waals surface area contributed by atoms with Crippen molar-refractivity contribution in [1.82, 2.24) is 15.3 Å². The number of fused-ring (bicyclic) bond motifs is 1. The van der Waals surface area contributed by atoms with Gasteiger partial charge in [0.25, 0.3) is 5.91 Å². The Kier molecular flexibility index (Phi) is 6.78. The van der Waals surface area contributed by atoms with Gasteiger partial charge in [-0.1, -0.05) is 36.4 Å². The van der Waals surface area contributed by atoms with Gasteiger partial charge in [0.1, 0.15) is 10.0 Å². The van der Waals surface area contributed by atoms with Crippen molar-refractivity contribution in [2.24, 2.45) is 0 Å². The van der Waals surface area contributed by atoms with Crippen molar-refractivity contribution in [1.29, 1.82) is 0 Å². The number of pyridine rings is 1. The highest BCUT2D eigenvalue weighted by Gasteiger charge is 2.26. The van der Waals surface area contributed by atoms with Crippen LogP contribution in [0.25, 0.3) is 10.7 Å². The Morgan fingerprint density at radius 3 is 2.65 bits per heavy atom. The number of thiophene rings is 1. The van der Waals surface area contributed by atoms with Crippen LogP contribution in [0.5, 0.6) is 0 Å². The first-order valence-electron chi connectivity index (χ1n) is 11.3. The molecule has 0 radical (unpaired) electrons. The number of aryl methyl sites for hydroxylation is 1. The molecule has 0 unspecified atom stereocenters. The number of anilines is 1. The fourth-order valence-corrected chi connectivity index (χ4v) is 6.19. The minimum absolute atomic E-state index is 0.135. The molecule has 4 aromatic rings. The van der Waals surface area contributed by atoms with Crippen molar-refractivity contribution in [2.45, 2.75) is 38.6 Å². The van der Waals surface area contributed by atoms with Crippen molar-refractivity contribution in [3.05, 3.63) is 87.4 Å². The summed E-state index contributed by atoms with van der Waals surface area (Å²) in [5.41, 5.74) is 4.24. The minimum Gasteiger partial charge on any atom is -0.348 e. The van der Waals surface area contributed by atoms with E-state index in [0.717, 1.165) is 47.5 Å². The lowest BCUT2D eigenvalue weighted by atomic mass is 9.95. The molecular formula is C26H24N4O2S2. The quantitative estimate of drug-likeness (QED) is 0.372. The van der Waals surface area contributed by atoms with Crippen LogP contribution < -0.4 is 10.6 Å². The lowest BCUT2D eigenvalue weighted by molar-refractivity contribution is -0.115. The third kappa shape index (κ3) is 5.08. The summed E-state index contributed by atoms with van der Waals surface area (Å²) in [5.74, 6) is -0.307. The lowest BCUT2D eigenvalue weighted by Crippen LogP contribution is -2.25. The second-order valence-corrected chi connectivity index (χ2v) is 10.1. The molecule has 1 aliphatic carbocycles. The molecule has 172 valence electrons. The van der Waals surface area contributed by atoms with Crippen LogP contribution in [0.15, 0.2) is 60.1 Å². The summed E-state index contributed by atoms with van der Waals surface area (Å²) < 4.78 is 0. The Balaban J connectivity index is 1.31. The van der Waals surface area contributed by atoms with Gasteiger partial charge in [0.2, 0.25) is 5.91 Å². The third-order valence-corrected chi connectivity index (χ3v) is 7.85. The first-order valence-corrected chi connectivity index (χ1v) is 13.0. The fraction of sp³-hybridized carbons (Fsp3) is 0.231. The third-order valence-electron chi connectivity index (χ3n) is 5.72. The second kappa shape index (κ2) is 10.3. The number of nitrogens with zero attached hydrogens (tertiary/aromatic N) is 2. The minimum atomic E-state index is -0.173. The van der Waals surface area contributed by atoms with Gasteiger partial charge in [0, 0.05) is 23.0 Å². The van der Waals surface area contributed by atoms with Crippen LogP contribution >= 0.6 is 22.7 Å². The Morgan fingerprint density at radius 2 is 1.82 bits per heavy atom. The number of carbonyl (C=O) groups is 2. The maximum absolute atomic E-state index is 13.2. The molecule has 5 rings (SSSR count). The summed E-state index contributed by atoms with van der Waals surface area (Å²) in [5, 5.41) is 9.36. The predicted molar refractivity (Wildman–Crippen MR) is 136 cm³/mol. The largest absolute Gasteiger partial charge is 0.348 e. The van der Waals surface area contributed by atoms with E-state index in [9.17, 15) is 9.59 Å². The van der Waals surface area contributed by atoms with Crippen LogP contribution in [0.4, 0.5) is 5.00 Å². The molecule has 0 bridgehead atoms. The number of nitrogens with one attached hydrogen (secondary N) is 2. The molecule has 1 aromatic carbocycles. The summed E-state index contributed by atoms with van der Waals surface area (Å²) in [6, 6.07) is 15.5. The number of thiazole rings is 1. The van der Waals surface area contributed by atoms with Gasteiger partial charge in [0.15, 0.2) is 0 Å². The van der Waals surface area contributed by atoms with Crippen molar-refractivity contribution < 1.29 is 9.59 Å². The van der Waals surface area contributed by atoms with Crippen LogP contribution in [0.3, 0.4) is 0 Å². The normalized spacial score (nSPS) is 12.7. The van der Waals surface area contributed by atoms with Crippen LogP contribution in [0, 0.1) is 0 Å². The van der Waals surface area contributed by atoms with Gasteiger partial charge >= 0.3 is 0 Å². The molecule has 3 heterocycles. The van der Waals surface area contributed by atoms with Crippen molar-refractivity contribution in [2.75, 3.05) is 5.32 Å². The number of rotatable bonds is 7. The van der Waals surface area contributed by atoms with E-state index in [1.165, 1.54) is 27.6 Å². The van der Waals surface area contributed by atoms with E-state index in [1.807, 2.05) is 53.9 Å². The molecule has 8 heteroatoms. The van der Waals surface area contributed by atoms with Crippen LogP contribution in [-0.2, 0) is 30.6 Å². The highest BCUT2D eigenvalue weighted by Crippen LogP contribution is 2.38. The van der Waals surface area contributed by atoms with Gasteiger partial charge in [0.05, 0.1) is 23.4 Å². The molecular weight excluding hydrogens is 464 g/mol. The maximum Gasteiger partial charge on any atom is 0.254 e. The zero-order chi connectivity index (χ0) is 23.3. The summed E-state index contributed by atoms with van der Waals surface area (Å²) >= 11 is 3.00. The van der Waals surface area contributed by atoms with Crippen LogP contribution in [-0.4, -0.2) is 21.8 Å². The Hall–Kier alpha value is -3.36. The van der Waals surface area contributed by atoms with Crippen LogP contribution in [0.1, 0.15) is 44.9 Å². The standard InChI is InChI=1S/C26H24N4O2S2/c31-22(14-18-16-33-25(29-18)20-11-6-7-13-27-20)30-26-23(19-10-4-5-12-21(19)34-26)24(32)28-15-17-8-2-1-3-9-17/h1-3,6-9,11,13,16H,4-5,10,12,14-15H2,(H,28,32)(H,30,31). The molecule has 0 atom stereocenters. The van der Waals surface area contributed by atoms with E-state index in [4.69, 9.17) is 0 Å². The zero-order valence-electron chi connectivity index (χ0n) is 18.5. The van der Waals surface area contributed by atoms with E-state index in [2.05, 4.69) is 20.6 Å². The molecule has 0 saturated heterocycles. The molecule has 3 aromatic heterocycles. The Bertz CT molecular complexity index is 1300. The van der Waals surface area contributed by atoms with Gasteiger partial charge in [-0.2, -0.15) is 0 Å². The molecule has 34 heavy (non-hydrogen) atoms. The molecule has 2 N–H and O–H groups in total. The lowest BCUT2D eigenvalue weighted by Gasteiger charge is -2.13. The fourth-order valence-electron chi connectivity index (χ4n) is 4.09.